The highest BCUT2D eigenvalue weighted by molar-refractivity contribution is 5.76. The van der Waals surface area contributed by atoms with Crippen LogP contribution in [-0.4, -0.2) is 15.9 Å². The van der Waals surface area contributed by atoms with Gasteiger partial charge in [0, 0.05) is 31.8 Å². The Balaban J connectivity index is 1.52. The first-order valence-corrected chi connectivity index (χ1v) is 7.57. The molecule has 0 fully saturated rings. The number of halogens is 1. The van der Waals surface area contributed by atoms with Crippen LogP contribution < -0.4 is 5.32 Å². The molecule has 0 aliphatic heterocycles. The number of amides is 1. The van der Waals surface area contributed by atoms with Crippen LogP contribution in [0.4, 0.5) is 4.39 Å². The molecule has 0 saturated carbocycles. The zero-order valence-corrected chi connectivity index (χ0v) is 12.9. The molecule has 1 aromatic carbocycles. The van der Waals surface area contributed by atoms with Crippen molar-refractivity contribution in [3.05, 3.63) is 72.3 Å². The Morgan fingerprint density at radius 1 is 1.17 bits per heavy atom. The molecular formula is C18H16FN3O2. The van der Waals surface area contributed by atoms with E-state index in [0.717, 1.165) is 5.56 Å². The van der Waals surface area contributed by atoms with Gasteiger partial charge in [-0.25, -0.2) is 9.37 Å². The SMILES string of the molecule is O=C(CCc1ncc(-c2ccccc2F)o1)NCc1cccnc1. The molecule has 0 bridgehead atoms. The van der Waals surface area contributed by atoms with E-state index in [4.69, 9.17) is 4.42 Å². The molecule has 6 heteroatoms. The van der Waals surface area contributed by atoms with Crippen LogP contribution in [-0.2, 0) is 17.8 Å². The molecule has 0 radical (unpaired) electrons. The largest absolute Gasteiger partial charge is 0.441 e. The number of pyridine rings is 1. The van der Waals surface area contributed by atoms with Gasteiger partial charge in [-0.1, -0.05) is 18.2 Å². The number of carbonyl (C=O) groups excluding carboxylic acids is 1. The van der Waals surface area contributed by atoms with Crippen molar-refractivity contribution in [2.24, 2.45) is 0 Å². The van der Waals surface area contributed by atoms with Crippen molar-refractivity contribution in [2.45, 2.75) is 19.4 Å². The second-order valence-electron chi connectivity index (χ2n) is 5.24. The second kappa shape index (κ2) is 7.50. The lowest BCUT2D eigenvalue weighted by molar-refractivity contribution is -0.121. The Hall–Kier alpha value is -3.02. The van der Waals surface area contributed by atoms with Gasteiger partial charge in [0.15, 0.2) is 11.7 Å². The van der Waals surface area contributed by atoms with Crippen LogP contribution in [0.15, 0.2) is 59.4 Å². The summed E-state index contributed by atoms with van der Waals surface area (Å²) >= 11 is 0. The first-order valence-electron chi connectivity index (χ1n) is 7.57. The van der Waals surface area contributed by atoms with Gasteiger partial charge in [-0.15, -0.1) is 0 Å². The van der Waals surface area contributed by atoms with E-state index in [1.807, 2.05) is 12.1 Å². The van der Waals surface area contributed by atoms with E-state index in [1.54, 1.807) is 30.6 Å². The monoisotopic (exact) mass is 325 g/mol. The van der Waals surface area contributed by atoms with Crippen LogP contribution in [0, 0.1) is 5.82 Å². The fourth-order valence-electron chi connectivity index (χ4n) is 2.22. The van der Waals surface area contributed by atoms with Crippen molar-refractivity contribution in [2.75, 3.05) is 0 Å². The van der Waals surface area contributed by atoms with E-state index in [1.165, 1.54) is 12.3 Å². The van der Waals surface area contributed by atoms with E-state index in [-0.39, 0.29) is 18.1 Å². The first kappa shape index (κ1) is 15.9. The lowest BCUT2D eigenvalue weighted by atomic mass is 10.2. The van der Waals surface area contributed by atoms with Gasteiger partial charge in [0.25, 0.3) is 0 Å². The molecule has 1 amide bonds. The molecule has 2 aromatic heterocycles. The highest BCUT2D eigenvalue weighted by atomic mass is 19.1. The van der Waals surface area contributed by atoms with Crippen molar-refractivity contribution in [3.8, 4) is 11.3 Å². The smallest absolute Gasteiger partial charge is 0.220 e. The lowest BCUT2D eigenvalue weighted by Gasteiger charge is -2.03. The van der Waals surface area contributed by atoms with Crippen LogP contribution in [0.2, 0.25) is 0 Å². The molecule has 0 unspecified atom stereocenters. The molecule has 5 nitrogen and oxygen atoms in total. The zero-order valence-electron chi connectivity index (χ0n) is 12.9. The summed E-state index contributed by atoms with van der Waals surface area (Å²) in [4.78, 5) is 19.9. The Morgan fingerprint density at radius 3 is 2.83 bits per heavy atom. The van der Waals surface area contributed by atoms with Crippen molar-refractivity contribution in [3.63, 3.8) is 0 Å². The maximum Gasteiger partial charge on any atom is 0.220 e. The maximum absolute atomic E-state index is 13.7. The van der Waals surface area contributed by atoms with Gasteiger partial charge in [0.05, 0.1) is 11.8 Å². The summed E-state index contributed by atoms with van der Waals surface area (Å²) in [6.45, 7) is 0.429. The number of carbonyl (C=O) groups is 1. The first-order chi connectivity index (χ1) is 11.7. The number of oxazole rings is 1. The van der Waals surface area contributed by atoms with E-state index in [2.05, 4.69) is 15.3 Å². The topological polar surface area (TPSA) is 68.0 Å². The number of nitrogens with one attached hydrogen (secondary N) is 1. The number of hydrogen-bond donors (Lipinski definition) is 1. The number of nitrogens with zero attached hydrogens (tertiary/aromatic N) is 2. The fraction of sp³-hybridized carbons (Fsp3) is 0.167. The number of rotatable bonds is 6. The van der Waals surface area contributed by atoms with Crippen molar-refractivity contribution in [1.29, 1.82) is 0 Å². The molecule has 2 heterocycles. The molecule has 3 aromatic rings. The second-order valence-corrected chi connectivity index (χ2v) is 5.24. The standard InChI is InChI=1S/C18H16FN3O2/c19-15-6-2-1-5-14(15)16-12-22-18(24-16)8-7-17(23)21-11-13-4-3-9-20-10-13/h1-6,9-10,12H,7-8,11H2,(H,21,23). The van der Waals surface area contributed by atoms with Crippen LogP contribution >= 0.6 is 0 Å². The summed E-state index contributed by atoms with van der Waals surface area (Å²) in [5.41, 5.74) is 1.29. The molecule has 0 aliphatic rings. The molecule has 1 N–H and O–H groups in total. The highest BCUT2D eigenvalue weighted by Gasteiger charge is 2.11. The molecule has 0 spiro atoms. The van der Waals surface area contributed by atoms with Crippen LogP contribution in [0.1, 0.15) is 17.9 Å². The van der Waals surface area contributed by atoms with Gasteiger partial charge in [0.2, 0.25) is 5.91 Å². The summed E-state index contributed by atoms with van der Waals surface area (Å²) in [6, 6.07) is 10.0. The third kappa shape index (κ3) is 4.04. The molecule has 0 aliphatic carbocycles. The third-order valence-electron chi connectivity index (χ3n) is 3.47. The summed E-state index contributed by atoms with van der Waals surface area (Å²) in [6.07, 6.45) is 5.46. The minimum Gasteiger partial charge on any atom is -0.441 e. The van der Waals surface area contributed by atoms with Crippen molar-refractivity contribution < 1.29 is 13.6 Å². The predicted molar refractivity (Wildman–Crippen MR) is 86.3 cm³/mol. The maximum atomic E-state index is 13.7. The summed E-state index contributed by atoms with van der Waals surface area (Å²) < 4.78 is 19.2. The molecule has 24 heavy (non-hydrogen) atoms. The van der Waals surface area contributed by atoms with E-state index in [0.29, 0.717) is 30.2 Å². The van der Waals surface area contributed by atoms with Crippen LogP contribution in [0.25, 0.3) is 11.3 Å². The Bertz CT molecular complexity index is 818. The predicted octanol–water partition coefficient (Wildman–Crippen LogP) is 3.12. The normalized spacial score (nSPS) is 10.5. The van der Waals surface area contributed by atoms with Crippen molar-refractivity contribution in [1.82, 2.24) is 15.3 Å². The molecule has 3 rings (SSSR count). The van der Waals surface area contributed by atoms with E-state index < -0.39 is 0 Å². The average molecular weight is 325 g/mol. The molecular weight excluding hydrogens is 309 g/mol. The van der Waals surface area contributed by atoms with Gasteiger partial charge in [-0.2, -0.15) is 0 Å². The number of benzene rings is 1. The molecule has 0 atom stereocenters. The lowest BCUT2D eigenvalue weighted by Crippen LogP contribution is -2.23. The highest BCUT2D eigenvalue weighted by Crippen LogP contribution is 2.23. The molecule has 0 saturated heterocycles. The van der Waals surface area contributed by atoms with Crippen LogP contribution in [0.5, 0.6) is 0 Å². The number of aromatic nitrogens is 2. The Kier molecular flexibility index (Phi) is 4.96. The Morgan fingerprint density at radius 2 is 2.04 bits per heavy atom. The van der Waals surface area contributed by atoms with Gasteiger partial charge < -0.3 is 9.73 Å². The fourth-order valence-corrected chi connectivity index (χ4v) is 2.22. The van der Waals surface area contributed by atoms with Gasteiger partial charge >= 0.3 is 0 Å². The third-order valence-corrected chi connectivity index (χ3v) is 3.47. The van der Waals surface area contributed by atoms with Gasteiger partial charge in [0.1, 0.15) is 5.82 Å². The summed E-state index contributed by atoms with van der Waals surface area (Å²) in [7, 11) is 0. The molecule has 122 valence electrons. The van der Waals surface area contributed by atoms with Crippen molar-refractivity contribution >= 4 is 5.91 Å². The minimum atomic E-state index is -0.366. The minimum absolute atomic E-state index is 0.107. The average Bonchev–Trinajstić information content (AvgIpc) is 3.08. The Labute approximate surface area is 138 Å². The zero-order chi connectivity index (χ0) is 16.8. The number of hydrogen-bond acceptors (Lipinski definition) is 4. The quantitative estimate of drug-likeness (QED) is 0.756. The number of aryl methyl sites for hydroxylation is 1. The van der Waals surface area contributed by atoms with E-state index >= 15 is 0 Å². The van der Waals surface area contributed by atoms with E-state index in [9.17, 15) is 9.18 Å². The van der Waals surface area contributed by atoms with Gasteiger partial charge in [-0.05, 0) is 23.8 Å². The summed E-state index contributed by atoms with van der Waals surface area (Å²) in [5.74, 6) is 0.294. The summed E-state index contributed by atoms with van der Waals surface area (Å²) in [5, 5.41) is 2.81. The van der Waals surface area contributed by atoms with Gasteiger partial charge in [-0.3, -0.25) is 9.78 Å². The van der Waals surface area contributed by atoms with Crippen LogP contribution in [0.3, 0.4) is 0 Å².